The molecule has 0 aromatic carbocycles. The smallest absolute Gasteiger partial charge is 0.422 e. The number of allylic oxidation sites excluding steroid dienone is 1. The summed E-state index contributed by atoms with van der Waals surface area (Å²) in [6, 6.07) is 0. The SMILES string of the molecule is C/C(Br)=C\C(=O)OCC(F)(F)F. The van der Waals surface area contributed by atoms with Crippen LogP contribution < -0.4 is 0 Å². The average Bonchev–Trinajstić information content (AvgIpc) is 1.80. The molecule has 0 radical (unpaired) electrons. The van der Waals surface area contributed by atoms with Crippen LogP contribution in [0, 0.1) is 0 Å². The molecule has 70 valence electrons. The van der Waals surface area contributed by atoms with E-state index in [4.69, 9.17) is 0 Å². The molecule has 0 heterocycles. The molecular formula is C6H6BrF3O2. The van der Waals surface area contributed by atoms with Crippen molar-refractivity contribution in [3.63, 3.8) is 0 Å². The van der Waals surface area contributed by atoms with Gasteiger partial charge in [-0.1, -0.05) is 15.9 Å². The molecule has 12 heavy (non-hydrogen) atoms. The van der Waals surface area contributed by atoms with Gasteiger partial charge in [0.05, 0.1) is 0 Å². The van der Waals surface area contributed by atoms with Gasteiger partial charge in [-0.05, 0) is 11.4 Å². The van der Waals surface area contributed by atoms with Crippen molar-refractivity contribution >= 4 is 21.9 Å². The topological polar surface area (TPSA) is 26.3 Å². The molecule has 0 saturated carbocycles. The normalized spacial score (nSPS) is 12.9. The van der Waals surface area contributed by atoms with Gasteiger partial charge in [0, 0.05) is 6.08 Å². The van der Waals surface area contributed by atoms with Crippen LogP contribution in [-0.4, -0.2) is 18.8 Å². The van der Waals surface area contributed by atoms with Crippen molar-refractivity contribution in [1.29, 1.82) is 0 Å². The van der Waals surface area contributed by atoms with E-state index < -0.39 is 18.8 Å². The van der Waals surface area contributed by atoms with E-state index in [0.29, 0.717) is 4.48 Å². The van der Waals surface area contributed by atoms with Gasteiger partial charge < -0.3 is 4.74 Å². The molecule has 0 aliphatic heterocycles. The van der Waals surface area contributed by atoms with Crippen molar-refractivity contribution in [3.05, 3.63) is 10.6 Å². The maximum Gasteiger partial charge on any atom is 0.422 e. The second kappa shape index (κ2) is 4.49. The van der Waals surface area contributed by atoms with Gasteiger partial charge in [0.2, 0.25) is 0 Å². The number of carbonyl (C=O) groups excluding carboxylic acids is 1. The van der Waals surface area contributed by atoms with Crippen LogP contribution in [-0.2, 0) is 9.53 Å². The molecule has 0 aliphatic rings. The molecule has 0 fully saturated rings. The molecule has 0 aromatic rings. The fourth-order valence-corrected chi connectivity index (χ4v) is 0.544. The fraction of sp³-hybridized carbons (Fsp3) is 0.500. The summed E-state index contributed by atoms with van der Waals surface area (Å²) in [7, 11) is 0. The summed E-state index contributed by atoms with van der Waals surface area (Å²) < 4.78 is 38.6. The van der Waals surface area contributed by atoms with Gasteiger partial charge >= 0.3 is 12.1 Å². The van der Waals surface area contributed by atoms with E-state index in [1.54, 1.807) is 0 Å². The van der Waals surface area contributed by atoms with Gasteiger partial charge in [-0.3, -0.25) is 0 Å². The predicted molar refractivity (Wildman–Crippen MR) is 39.7 cm³/mol. The first-order chi connectivity index (χ1) is 5.31. The van der Waals surface area contributed by atoms with Crippen LogP contribution in [0.2, 0.25) is 0 Å². The molecule has 0 aliphatic carbocycles. The Labute approximate surface area is 75.5 Å². The Hall–Kier alpha value is -0.520. The quantitative estimate of drug-likeness (QED) is 0.553. The zero-order valence-corrected chi connectivity index (χ0v) is 7.70. The summed E-state index contributed by atoms with van der Waals surface area (Å²) in [6.45, 7) is -0.0442. The summed E-state index contributed by atoms with van der Waals surface area (Å²) in [5, 5.41) is 0. The van der Waals surface area contributed by atoms with Gasteiger partial charge in [0.15, 0.2) is 6.61 Å². The molecule has 2 nitrogen and oxygen atoms in total. The van der Waals surface area contributed by atoms with Crippen molar-refractivity contribution in [2.75, 3.05) is 6.61 Å². The lowest BCUT2D eigenvalue weighted by Crippen LogP contribution is -2.19. The van der Waals surface area contributed by atoms with Crippen molar-refractivity contribution in [2.45, 2.75) is 13.1 Å². The van der Waals surface area contributed by atoms with Gasteiger partial charge in [-0.25, -0.2) is 4.79 Å². The largest absolute Gasteiger partial charge is 0.453 e. The molecule has 0 amide bonds. The van der Waals surface area contributed by atoms with Crippen LogP contribution in [0.1, 0.15) is 6.92 Å². The Bertz CT molecular complexity index is 193. The number of alkyl halides is 3. The molecule has 6 heteroatoms. The predicted octanol–water partition coefficient (Wildman–Crippen LogP) is 2.39. The summed E-state index contributed by atoms with van der Waals surface area (Å²) >= 11 is 2.87. The molecule has 0 unspecified atom stereocenters. The molecule has 0 spiro atoms. The third-order valence-corrected chi connectivity index (χ3v) is 0.924. The van der Waals surface area contributed by atoms with E-state index in [0.717, 1.165) is 6.08 Å². The van der Waals surface area contributed by atoms with Crippen LogP contribution in [0.4, 0.5) is 13.2 Å². The van der Waals surface area contributed by atoms with Crippen molar-refractivity contribution in [1.82, 2.24) is 0 Å². The molecule has 0 saturated heterocycles. The highest BCUT2D eigenvalue weighted by Gasteiger charge is 2.29. The number of ether oxygens (including phenoxy) is 1. The van der Waals surface area contributed by atoms with Gasteiger partial charge in [0.1, 0.15) is 0 Å². The van der Waals surface area contributed by atoms with E-state index in [1.165, 1.54) is 6.92 Å². The molecule has 0 aromatic heterocycles. The Kier molecular flexibility index (Phi) is 4.30. The van der Waals surface area contributed by atoms with Crippen molar-refractivity contribution < 1.29 is 22.7 Å². The first-order valence-corrected chi connectivity index (χ1v) is 3.68. The van der Waals surface area contributed by atoms with Crippen LogP contribution in [0.25, 0.3) is 0 Å². The van der Waals surface area contributed by atoms with Crippen molar-refractivity contribution in [2.24, 2.45) is 0 Å². The Balaban J connectivity index is 3.81. The number of halogens is 4. The average molecular weight is 247 g/mol. The van der Waals surface area contributed by atoms with E-state index in [9.17, 15) is 18.0 Å². The number of esters is 1. The van der Waals surface area contributed by atoms with Crippen LogP contribution in [0.3, 0.4) is 0 Å². The van der Waals surface area contributed by atoms with Gasteiger partial charge in [-0.15, -0.1) is 0 Å². The Morgan fingerprint density at radius 1 is 1.58 bits per heavy atom. The monoisotopic (exact) mass is 246 g/mol. The van der Waals surface area contributed by atoms with E-state index in [1.807, 2.05) is 0 Å². The highest BCUT2D eigenvalue weighted by atomic mass is 79.9. The summed E-state index contributed by atoms with van der Waals surface area (Å²) in [5.41, 5.74) is 0. The fourth-order valence-electron chi connectivity index (χ4n) is 0.357. The Morgan fingerprint density at radius 3 is 2.42 bits per heavy atom. The summed E-state index contributed by atoms with van der Waals surface area (Å²) in [5.74, 6) is -1.01. The lowest BCUT2D eigenvalue weighted by Gasteiger charge is -2.05. The van der Waals surface area contributed by atoms with Crippen LogP contribution in [0.5, 0.6) is 0 Å². The van der Waals surface area contributed by atoms with Crippen LogP contribution >= 0.6 is 15.9 Å². The first-order valence-electron chi connectivity index (χ1n) is 2.88. The highest BCUT2D eigenvalue weighted by molar-refractivity contribution is 9.11. The van der Waals surface area contributed by atoms with Gasteiger partial charge in [0.25, 0.3) is 0 Å². The molecule has 0 atom stereocenters. The van der Waals surface area contributed by atoms with Crippen molar-refractivity contribution in [3.8, 4) is 0 Å². The second-order valence-corrected chi connectivity index (χ2v) is 3.20. The van der Waals surface area contributed by atoms with Gasteiger partial charge in [-0.2, -0.15) is 13.2 Å². The first kappa shape index (κ1) is 11.5. The summed E-state index contributed by atoms with van der Waals surface area (Å²) in [4.78, 5) is 10.5. The third kappa shape index (κ3) is 7.59. The minimum atomic E-state index is -4.47. The maximum absolute atomic E-state index is 11.4. The number of carbonyl (C=O) groups is 1. The zero-order chi connectivity index (χ0) is 9.78. The molecular weight excluding hydrogens is 241 g/mol. The third-order valence-electron chi connectivity index (χ3n) is 0.695. The molecule has 0 N–H and O–H groups in total. The van der Waals surface area contributed by atoms with E-state index in [2.05, 4.69) is 20.7 Å². The molecule has 0 bridgehead atoms. The maximum atomic E-state index is 11.4. The number of hydrogen-bond acceptors (Lipinski definition) is 2. The highest BCUT2D eigenvalue weighted by Crippen LogP contribution is 2.14. The second-order valence-electron chi connectivity index (χ2n) is 1.95. The van der Waals surface area contributed by atoms with Crippen LogP contribution in [0.15, 0.2) is 10.6 Å². The molecule has 0 rings (SSSR count). The minimum Gasteiger partial charge on any atom is -0.453 e. The summed E-state index contributed by atoms with van der Waals surface area (Å²) in [6.07, 6.45) is -3.55. The standard InChI is InChI=1S/C6H6BrF3O2/c1-4(7)2-5(11)12-3-6(8,9)10/h2H,3H2,1H3/b4-2+. The van der Waals surface area contributed by atoms with E-state index in [-0.39, 0.29) is 0 Å². The van der Waals surface area contributed by atoms with E-state index >= 15 is 0 Å². The lowest BCUT2D eigenvalue weighted by atomic mass is 10.5. The minimum absolute atomic E-state index is 0.412. The number of rotatable bonds is 2. The Morgan fingerprint density at radius 2 is 2.08 bits per heavy atom. The lowest BCUT2D eigenvalue weighted by molar-refractivity contribution is -0.182. The number of hydrogen-bond donors (Lipinski definition) is 0. The zero-order valence-electron chi connectivity index (χ0n) is 6.11.